The summed E-state index contributed by atoms with van der Waals surface area (Å²) in [6, 6.07) is 15.2. The van der Waals surface area contributed by atoms with Crippen LogP contribution in [0.25, 0.3) is 0 Å². The van der Waals surface area contributed by atoms with Crippen molar-refractivity contribution in [1.29, 1.82) is 0 Å². The van der Waals surface area contributed by atoms with Crippen LogP contribution in [0.4, 0.5) is 0 Å². The molecule has 0 heterocycles. The van der Waals surface area contributed by atoms with E-state index in [-0.39, 0.29) is 12.4 Å². The molecule has 2 aromatic carbocycles. The molecule has 0 aliphatic heterocycles. The summed E-state index contributed by atoms with van der Waals surface area (Å²) >= 11 is 1.75. The van der Waals surface area contributed by atoms with E-state index >= 15 is 0 Å². The Hall–Kier alpha value is -2.27. The van der Waals surface area contributed by atoms with Crippen LogP contribution in [0.5, 0.6) is 5.75 Å². The minimum atomic E-state index is -1.02. The molecule has 5 heteroatoms. The maximum atomic E-state index is 12.3. The molecule has 4 nitrogen and oxygen atoms in total. The number of ketones is 1. The number of carboxylic acid groups (broad SMARTS) is 1. The van der Waals surface area contributed by atoms with Crippen LogP contribution >= 0.6 is 11.8 Å². The molecule has 2 aromatic rings. The number of hydrogen-bond donors (Lipinski definition) is 1. The zero-order valence-corrected chi connectivity index (χ0v) is 14.3. The van der Waals surface area contributed by atoms with E-state index in [4.69, 9.17) is 9.84 Å². The zero-order chi connectivity index (χ0) is 17.4. The molecule has 0 aliphatic rings. The van der Waals surface area contributed by atoms with Crippen molar-refractivity contribution in [3.63, 3.8) is 0 Å². The average Bonchev–Trinajstić information content (AvgIpc) is 2.57. The Morgan fingerprint density at radius 3 is 2.54 bits per heavy atom. The third kappa shape index (κ3) is 5.74. The molecule has 1 N–H and O–H groups in total. The second-order valence-electron chi connectivity index (χ2n) is 5.35. The van der Waals surface area contributed by atoms with E-state index in [1.54, 1.807) is 30.0 Å². The van der Waals surface area contributed by atoms with Crippen LogP contribution in [-0.2, 0) is 4.79 Å². The van der Waals surface area contributed by atoms with E-state index in [0.29, 0.717) is 17.7 Å². The highest BCUT2D eigenvalue weighted by molar-refractivity contribution is 7.99. The Morgan fingerprint density at radius 2 is 1.88 bits per heavy atom. The molecule has 0 unspecified atom stereocenters. The SMILES string of the molecule is Cc1cc(OCC(=O)O)ccc1C(=O)CCCSc1ccccc1. The smallest absolute Gasteiger partial charge is 0.341 e. The van der Waals surface area contributed by atoms with Crippen LogP contribution in [0.2, 0.25) is 0 Å². The van der Waals surface area contributed by atoms with Gasteiger partial charge in [0.05, 0.1) is 0 Å². The van der Waals surface area contributed by atoms with Crippen molar-refractivity contribution in [2.75, 3.05) is 12.4 Å². The molecule has 0 aliphatic carbocycles. The molecule has 0 saturated heterocycles. The lowest BCUT2D eigenvalue weighted by atomic mass is 10.0. The van der Waals surface area contributed by atoms with Crippen molar-refractivity contribution in [1.82, 2.24) is 0 Å². The number of hydrogen-bond acceptors (Lipinski definition) is 4. The van der Waals surface area contributed by atoms with Gasteiger partial charge < -0.3 is 9.84 Å². The Balaban J connectivity index is 1.82. The Kier molecular flexibility index (Phi) is 6.88. The topological polar surface area (TPSA) is 63.6 Å². The summed E-state index contributed by atoms with van der Waals surface area (Å²) < 4.78 is 5.12. The lowest BCUT2D eigenvalue weighted by Crippen LogP contribution is -2.10. The third-order valence-electron chi connectivity index (χ3n) is 3.42. The molecule has 0 aromatic heterocycles. The Bertz CT molecular complexity index is 698. The first-order valence-corrected chi connectivity index (χ1v) is 8.71. The number of aryl methyl sites for hydroxylation is 1. The van der Waals surface area contributed by atoms with E-state index in [2.05, 4.69) is 12.1 Å². The second-order valence-corrected chi connectivity index (χ2v) is 6.52. The van der Waals surface area contributed by atoms with Crippen molar-refractivity contribution in [2.45, 2.75) is 24.7 Å². The number of thioether (sulfide) groups is 1. The summed E-state index contributed by atoms with van der Waals surface area (Å²) in [6.07, 6.45) is 1.31. The number of carbonyl (C=O) groups excluding carboxylic acids is 1. The molecule has 0 atom stereocenters. The third-order valence-corrected chi connectivity index (χ3v) is 4.52. The molecule has 24 heavy (non-hydrogen) atoms. The van der Waals surface area contributed by atoms with Crippen LogP contribution in [0.3, 0.4) is 0 Å². The minimum Gasteiger partial charge on any atom is -0.482 e. The highest BCUT2D eigenvalue weighted by Crippen LogP contribution is 2.21. The van der Waals surface area contributed by atoms with Crippen LogP contribution in [0.1, 0.15) is 28.8 Å². The van der Waals surface area contributed by atoms with E-state index in [1.165, 1.54) is 4.90 Å². The van der Waals surface area contributed by atoms with Crippen LogP contribution in [-0.4, -0.2) is 29.2 Å². The molecule has 126 valence electrons. The minimum absolute atomic E-state index is 0.103. The van der Waals surface area contributed by atoms with Crippen molar-refractivity contribution >= 4 is 23.5 Å². The summed E-state index contributed by atoms with van der Waals surface area (Å²) in [6.45, 7) is 1.45. The molecule has 0 bridgehead atoms. The highest BCUT2D eigenvalue weighted by atomic mass is 32.2. The Labute approximate surface area is 145 Å². The number of Topliss-reactive ketones (excluding diaryl/α,β-unsaturated/α-hetero) is 1. The highest BCUT2D eigenvalue weighted by Gasteiger charge is 2.10. The van der Waals surface area contributed by atoms with Gasteiger partial charge in [0.1, 0.15) is 5.75 Å². The van der Waals surface area contributed by atoms with Crippen molar-refractivity contribution in [2.24, 2.45) is 0 Å². The van der Waals surface area contributed by atoms with Gasteiger partial charge in [0, 0.05) is 16.9 Å². The van der Waals surface area contributed by atoms with Gasteiger partial charge in [-0.3, -0.25) is 4.79 Å². The number of aliphatic carboxylic acids is 1. The fourth-order valence-electron chi connectivity index (χ4n) is 2.26. The molecule has 0 amide bonds. The van der Waals surface area contributed by atoms with Crippen LogP contribution in [0, 0.1) is 6.92 Å². The first kappa shape index (κ1) is 18.1. The van der Waals surface area contributed by atoms with E-state index in [0.717, 1.165) is 17.7 Å². The van der Waals surface area contributed by atoms with Gasteiger partial charge in [0.2, 0.25) is 0 Å². The van der Waals surface area contributed by atoms with E-state index in [1.807, 2.05) is 25.1 Å². The molecule has 0 saturated carbocycles. The maximum Gasteiger partial charge on any atom is 0.341 e. The average molecular weight is 344 g/mol. The number of carbonyl (C=O) groups is 2. The van der Waals surface area contributed by atoms with Crippen LogP contribution in [0.15, 0.2) is 53.4 Å². The molecule has 2 rings (SSSR count). The lowest BCUT2D eigenvalue weighted by molar-refractivity contribution is -0.139. The fraction of sp³-hybridized carbons (Fsp3) is 0.263. The van der Waals surface area contributed by atoms with Gasteiger partial charge in [0.15, 0.2) is 12.4 Å². The monoisotopic (exact) mass is 344 g/mol. The Morgan fingerprint density at radius 1 is 1.12 bits per heavy atom. The summed E-state index contributed by atoms with van der Waals surface area (Å²) in [5, 5.41) is 8.61. The molecule has 0 spiro atoms. The summed E-state index contributed by atoms with van der Waals surface area (Å²) in [5.41, 5.74) is 1.47. The number of benzene rings is 2. The molecular formula is C19H20O4S. The molecule has 0 radical (unpaired) electrons. The van der Waals surface area contributed by atoms with Crippen LogP contribution < -0.4 is 4.74 Å². The largest absolute Gasteiger partial charge is 0.482 e. The van der Waals surface area contributed by atoms with Gasteiger partial charge in [-0.05, 0) is 55.0 Å². The van der Waals surface area contributed by atoms with E-state index < -0.39 is 5.97 Å². The van der Waals surface area contributed by atoms with Crippen molar-refractivity contribution < 1.29 is 19.4 Å². The van der Waals surface area contributed by atoms with Gasteiger partial charge in [-0.25, -0.2) is 4.79 Å². The quantitative estimate of drug-likeness (QED) is 0.419. The number of carboxylic acids is 1. The maximum absolute atomic E-state index is 12.3. The summed E-state index contributed by atoms with van der Waals surface area (Å²) in [4.78, 5) is 24.0. The lowest BCUT2D eigenvalue weighted by Gasteiger charge is -2.08. The molecule has 0 fully saturated rings. The first-order chi connectivity index (χ1) is 11.6. The second kappa shape index (κ2) is 9.13. The predicted molar refractivity (Wildman–Crippen MR) is 95.0 cm³/mol. The van der Waals surface area contributed by atoms with Gasteiger partial charge >= 0.3 is 5.97 Å². The van der Waals surface area contributed by atoms with Crippen molar-refractivity contribution in [3.05, 3.63) is 59.7 Å². The normalized spacial score (nSPS) is 10.4. The van der Waals surface area contributed by atoms with E-state index in [9.17, 15) is 9.59 Å². The predicted octanol–water partition coefficient (Wildman–Crippen LogP) is 4.21. The van der Waals surface area contributed by atoms with Gasteiger partial charge in [-0.1, -0.05) is 18.2 Å². The van der Waals surface area contributed by atoms with Gasteiger partial charge in [0.25, 0.3) is 0 Å². The first-order valence-electron chi connectivity index (χ1n) is 7.72. The number of rotatable bonds is 9. The standard InChI is InChI=1S/C19H20O4S/c1-14-12-15(23-13-19(21)22)9-10-17(14)18(20)8-5-11-24-16-6-3-2-4-7-16/h2-4,6-7,9-10,12H,5,8,11,13H2,1H3,(H,21,22). The summed E-state index contributed by atoms with van der Waals surface area (Å²) in [5.74, 6) is 0.440. The summed E-state index contributed by atoms with van der Waals surface area (Å²) in [7, 11) is 0. The number of ether oxygens (including phenoxy) is 1. The molecular weight excluding hydrogens is 324 g/mol. The van der Waals surface area contributed by atoms with Gasteiger partial charge in [-0.2, -0.15) is 0 Å². The van der Waals surface area contributed by atoms with Crippen molar-refractivity contribution in [3.8, 4) is 5.75 Å². The van der Waals surface area contributed by atoms with Gasteiger partial charge in [-0.15, -0.1) is 11.8 Å². The fourth-order valence-corrected chi connectivity index (χ4v) is 3.13. The zero-order valence-electron chi connectivity index (χ0n) is 13.5.